The van der Waals surface area contributed by atoms with Crippen LogP contribution >= 0.6 is 35.6 Å². The van der Waals surface area contributed by atoms with Crippen molar-refractivity contribution in [2.24, 2.45) is 10.7 Å². The molecule has 3 nitrogen and oxygen atoms in total. The van der Waals surface area contributed by atoms with Gasteiger partial charge < -0.3 is 10.6 Å². The second kappa shape index (κ2) is 6.48. The molecule has 1 fully saturated rings. The summed E-state index contributed by atoms with van der Waals surface area (Å²) in [5.41, 5.74) is 5.70. The Morgan fingerprint density at radius 3 is 2.46 bits per heavy atom. The predicted molar refractivity (Wildman–Crippen MR) is 67.7 cm³/mol. The lowest BCUT2D eigenvalue weighted by Gasteiger charge is -2.15. The summed E-state index contributed by atoms with van der Waals surface area (Å²) >= 11 is 5.55. The molecule has 13 heavy (non-hydrogen) atoms. The molecule has 0 atom stereocenters. The number of rotatable bonds is 2. The Labute approximate surface area is 101 Å². The van der Waals surface area contributed by atoms with Gasteiger partial charge in [-0.1, -0.05) is 18.2 Å². The smallest absolute Gasteiger partial charge is 0.191 e. The van der Waals surface area contributed by atoms with Gasteiger partial charge in [-0.25, -0.2) is 4.99 Å². The number of aliphatic imine (C=N–C) groups is 1. The normalized spacial score (nSPS) is 17.0. The highest BCUT2D eigenvalue weighted by molar-refractivity contribution is 14.0. The molecule has 1 heterocycles. The van der Waals surface area contributed by atoms with Crippen LogP contribution in [0.1, 0.15) is 12.8 Å². The van der Waals surface area contributed by atoms with Crippen molar-refractivity contribution in [1.82, 2.24) is 4.90 Å². The molecule has 0 aromatic heterocycles. The number of hydrogen-bond donors (Lipinski definition) is 1. The summed E-state index contributed by atoms with van der Waals surface area (Å²) in [6.07, 6.45) is 2.41. The Hall–Kier alpha value is 0.0300. The molecular formula is C8H15ClIN3. The fourth-order valence-corrected chi connectivity index (χ4v) is 1.27. The third-order valence-electron chi connectivity index (χ3n) is 1.84. The highest BCUT2D eigenvalue weighted by atomic mass is 127. The number of nitrogens with zero attached hydrogens (tertiary/aromatic N) is 2. The molecular weight excluding hydrogens is 300 g/mol. The zero-order valence-electron chi connectivity index (χ0n) is 7.50. The molecule has 0 aliphatic carbocycles. The molecule has 1 saturated heterocycles. The molecule has 1 aliphatic rings. The fourth-order valence-electron chi connectivity index (χ4n) is 1.21. The molecule has 0 bridgehead atoms. The highest BCUT2D eigenvalue weighted by Crippen LogP contribution is 2.06. The average Bonchev–Trinajstić information content (AvgIpc) is 2.51. The number of halogens is 2. The lowest BCUT2D eigenvalue weighted by molar-refractivity contribution is 0.511. The van der Waals surface area contributed by atoms with Crippen molar-refractivity contribution in [2.45, 2.75) is 12.8 Å². The van der Waals surface area contributed by atoms with Crippen LogP contribution in [-0.2, 0) is 0 Å². The molecule has 0 amide bonds. The van der Waals surface area contributed by atoms with Crippen LogP contribution in [0.5, 0.6) is 0 Å². The van der Waals surface area contributed by atoms with Gasteiger partial charge in [0.25, 0.3) is 0 Å². The largest absolute Gasteiger partial charge is 0.370 e. The molecule has 76 valence electrons. The van der Waals surface area contributed by atoms with Gasteiger partial charge in [-0.3, -0.25) is 0 Å². The second-order valence-corrected chi connectivity index (χ2v) is 3.42. The molecule has 1 aliphatic heterocycles. The van der Waals surface area contributed by atoms with Crippen LogP contribution in [0, 0.1) is 0 Å². The van der Waals surface area contributed by atoms with Gasteiger partial charge in [-0.15, -0.1) is 24.0 Å². The first-order valence-corrected chi connectivity index (χ1v) is 4.46. The zero-order valence-corrected chi connectivity index (χ0v) is 10.6. The van der Waals surface area contributed by atoms with Crippen molar-refractivity contribution >= 4 is 41.5 Å². The monoisotopic (exact) mass is 315 g/mol. The maximum atomic E-state index is 5.70. The van der Waals surface area contributed by atoms with Crippen LogP contribution in [0.2, 0.25) is 0 Å². The predicted octanol–water partition coefficient (Wildman–Crippen LogP) is 1.77. The van der Waals surface area contributed by atoms with Gasteiger partial charge in [-0.2, -0.15) is 0 Å². The third kappa shape index (κ3) is 4.71. The minimum absolute atomic E-state index is 0. The van der Waals surface area contributed by atoms with Gasteiger partial charge in [0.2, 0.25) is 0 Å². The van der Waals surface area contributed by atoms with Crippen LogP contribution in [0.25, 0.3) is 0 Å². The van der Waals surface area contributed by atoms with E-state index in [4.69, 9.17) is 17.3 Å². The van der Waals surface area contributed by atoms with Crippen molar-refractivity contribution < 1.29 is 0 Å². The molecule has 0 aromatic rings. The van der Waals surface area contributed by atoms with E-state index in [1.165, 1.54) is 12.8 Å². The molecule has 2 N–H and O–H groups in total. The van der Waals surface area contributed by atoms with E-state index in [0.29, 0.717) is 17.5 Å². The van der Waals surface area contributed by atoms with Gasteiger partial charge in [0.1, 0.15) is 0 Å². The first kappa shape index (κ1) is 13.0. The van der Waals surface area contributed by atoms with Crippen LogP contribution < -0.4 is 5.73 Å². The maximum Gasteiger partial charge on any atom is 0.191 e. The fraction of sp³-hybridized carbons (Fsp3) is 0.625. The highest BCUT2D eigenvalue weighted by Gasteiger charge is 2.12. The summed E-state index contributed by atoms with van der Waals surface area (Å²) < 4.78 is 0. The van der Waals surface area contributed by atoms with Gasteiger partial charge in [0.05, 0.1) is 6.54 Å². The van der Waals surface area contributed by atoms with Crippen LogP contribution in [0.15, 0.2) is 16.6 Å². The number of likely N-dealkylation sites (tertiary alicyclic amines) is 1. The third-order valence-corrected chi connectivity index (χ3v) is 1.96. The molecule has 0 radical (unpaired) electrons. The summed E-state index contributed by atoms with van der Waals surface area (Å²) in [6, 6.07) is 0. The average molecular weight is 316 g/mol. The van der Waals surface area contributed by atoms with E-state index < -0.39 is 0 Å². The summed E-state index contributed by atoms with van der Waals surface area (Å²) in [4.78, 5) is 6.16. The van der Waals surface area contributed by atoms with Crippen LogP contribution in [0.3, 0.4) is 0 Å². The van der Waals surface area contributed by atoms with E-state index in [9.17, 15) is 0 Å². The molecule has 1 rings (SSSR count). The SMILES string of the molecule is C=C(Cl)CN=C(N)N1CCCC1.I. The van der Waals surface area contributed by atoms with Crippen LogP contribution in [-0.4, -0.2) is 30.5 Å². The van der Waals surface area contributed by atoms with Crippen molar-refractivity contribution in [2.75, 3.05) is 19.6 Å². The lowest BCUT2D eigenvalue weighted by atomic mass is 10.4. The Bertz CT molecular complexity index is 200. The molecule has 0 unspecified atom stereocenters. The van der Waals surface area contributed by atoms with E-state index >= 15 is 0 Å². The number of nitrogens with two attached hydrogens (primary N) is 1. The zero-order chi connectivity index (χ0) is 8.97. The number of hydrogen-bond acceptors (Lipinski definition) is 1. The molecule has 0 aromatic carbocycles. The Morgan fingerprint density at radius 2 is 2.00 bits per heavy atom. The lowest BCUT2D eigenvalue weighted by Crippen LogP contribution is -2.34. The van der Waals surface area contributed by atoms with E-state index in [2.05, 4.69) is 16.5 Å². The van der Waals surface area contributed by atoms with E-state index in [0.717, 1.165) is 13.1 Å². The van der Waals surface area contributed by atoms with E-state index in [-0.39, 0.29) is 24.0 Å². The first-order valence-electron chi connectivity index (χ1n) is 4.08. The Balaban J connectivity index is 0.00000144. The van der Waals surface area contributed by atoms with Crippen molar-refractivity contribution in [3.05, 3.63) is 11.6 Å². The van der Waals surface area contributed by atoms with Gasteiger partial charge in [0.15, 0.2) is 5.96 Å². The number of guanidine groups is 1. The van der Waals surface area contributed by atoms with E-state index in [1.807, 2.05) is 0 Å². The van der Waals surface area contributed by atoms with Crippen LogP contribution in [0.4, 0.5) is 0 Å². The van der Waals surface area contributed by atoms with Crippen molar-refractivity contribution in [3.8, 4) is 0 Å². The minimum Gasteiger partial charge on any atom is -0.370 e. The topological polar surface area (TPSA) is 41.6 Å². The standard InChI is InChI=1S/C8H14ClN3.HI/c1-7(9)6-11-8(10)12-4-2-3-5-12;/h1-6H2,(H2,10,11);1H. The molecule has 5 heteroatoms. The minimum atomic E-state index is 0. The second-order valence-electron chi connectivity index (χ2n) is 2.89. The first-order chi connectivity index (χ1) is 5.70. The van der Waals surface area contributed by atoms with Crippen molar-refractivity contribution in [1.29, 1.82) is 0 Å². The molecule has 0 spiro atoms. The maximum absolute atomic E-state index is 5.70. The van der Waals surface area contributed by atoms with Gasteiger partial charge in [-0.05, 0) is 12.8 Å². The summed E-state index contributed by atoms with van der Waals surface area (Å²) in [7, 11) is 0. The van der Waals surface area contributed by atoms with E-state index in [1.54, 1.807) is 0 Å². The van der Waals surface area contributed by atoms with Gasteiger partial charge >= 0.3 is 0 Å². The summed E-state index contributed by atoms with van der Waals surface area (Å²) in [6.45, 7) is 5.99. The molecule has 0 saturated carbocycles. The van der Waals surface area contributed by atoms with Gasteiger partial charge in [0, 0.05) is 18.1 Å². The summed E-state index contributed by atoms with van der Waals surface area (Å²) in [5.74, 6) is 0.592. The Kier molecular flexibility index (Phi) is 6.49. The summed E-state index contributed by atoms with van der Waals surface area (Å²) in [5, 5.41) is 0.525. The quantitative estimate of drug-likeness (QED) is 0.479. The van der Waals surface area contributed by atoms with Crippen molar-refractivity contribution in [3.63, 3.8) is 0 Å². The Morgan fingerprint density at radius 1 is 1.46 bits per heavy atom.